The molecule has 130 valence electrons. The fourth-order valence-corrected chi connectivity index (χ4v) is 3.40. The standard InChI is InChI=1S/C22H24O3/c1-3-6-16-11-19(9-15(16)4-2)17-7-5-8-18(10-17)22-13-20(24)12-21(14-23)25-22/h3-11,20-24H,1-2,12-14H2/b16-6-. The summed E-state index contributed by atoms with van der Waals surface area (Å²) in [5.74, 6) is 0. The molecule has 0 aromatic heterocycles. The summed E-state index contributed by atoms with van der Waals surface area (Å²) in [6.45, 7) is 7.56. The van der Waals surface area contributed by atoms with E-state index in [9.17, 15) is 10.2 Å². The Balaban J connectivity index is 1.89. The van der Waals surface area contributed by atoms with Crippen LogP contribution in [0.3, 0.4) is 0 Å². The van der Waals surface area contributed by atoms with Crippen LogP contribution in [0.4, 0.5) is 0 Å². The number of ether oxygens (including phenoxy) is 1. The molecule has 3 nitrogen and oxygen atoms in total. The second kappa shape index (κ2) is 7.79. The molecule has 3 atom stereocenters. The van der Waals surface area contributed by atoms with Crippen molar-refractivity contribution in [1.82, 2.24) is 0 Å². The summed E-state index contributed by atoms with van der Waals surface area (Å²) in [4.78, 5) is 0. The summed E-state index contributed by atoms with van der Waals surface area (Å²) in [7, 11) is 0. The molecule has 1 saturated heterocycles. The molecule has 0 radical (unpaired) electrons. The molecule has 1 aromatic carbocycles. The highest BCUT2D eigenvalue weighted by Gasteiger charge is 2.29. The van der Waals surface area contributed by atoms with E-state index in [0.717, 1.165) is 27.8 Å². The lowest BCUT2D eigenvalue weighted by molar-refractivity contribution is -0.113. The van der Waals surface area contributed by atoms with E-state index in [1.54, 1.807) is 6.08 Å². The van der Waals surface area contributed by atoms with Crippen molar-refractivity contribution in [1.29, 1.82) is 0 Å². The van der Waals surface area contributed by atoms with E-state index >= 15 is 0 Å². The Bertz CT molecular complexity index is 754. The first-order chi connectivity index (χ1) is 12.1. The number of hydrogen-bond acceptors (Lipinski definition) is 3. The number of benzene rings is 1. The Morgan fingerprint density at radius 3 is 2.76 bits per heavy atom. The van der Waals surface area contributed by atoms with Crippen molar-refractivity contribution in [2.45, 2.75) is 31.2 Å². The van der Waals surface area contributed by atoms with Crippen LogP contribution in [0.15, 0.2) is 78.9 Å². The van der Waals surface area contributed by atoms with Crippen LogP contribution in [-0.2, 0) is 4.74 Å². The Kier molecular flexibility index (Phi) is 5.49. The van der Waals surface area contributed by atoms with E-state index in [1.807, 2.05) is 24.3 Å². The largest absolute Gasteiger partial charge is 0.394 e. The minimum atomic E-state index is -0.445. The molecule has 3 unspecified atom stereocenters. The summed E-state index contributed by atoms with van der Waals surface area (Å²) >= 11 is 0. The molecule has 0 saturated carbocycles. The highest BCUT2D eigenvalue weighted by atomic mass is 16.5. The minimum Gasteiger partial charge on any atom is -0.394 e. The van der Waals surface area contributed by atoms with Crippen LogP contribution in [-0.4, -0.2) is 29.0 Å². The van der Waals surface area contributed by atoms with E-state index in [2.05, 4.69) is 37.4 Å². The van der Waals surface area contributed by atoms with E-state index in [-0.39, 0.29) is 18.8 Å². The Morgan fingerprint density at radius 1 is 1.20 bits per heavy atom. The highest BCUT2D eigenvalue weighted by molar-refractivity contribution is 5.84. The van der Waals surface area contributed by atoms with E-state index in [1.165, 1.54) is 0 Å². The number of hydrogen-bond donors (Lipinski definition) is 2. The molecule has 2 aliphatic rings. The normalized spacial score (nSPS) is 27.8. The summed E-state index contributed by atoms with van der Waals surface area (Å²) in [5.41, 5.74) is 5.39. The zero-order valence-electron chi connectivity index (χ0n) is 14.3. The topological polar surface area (TPSA) is 49.7 Å². The first-order valence-electron chi connectivity index (χ1n) is 8.58. The molecular formula is C22H24O3. The smallest absolute Gasteiger partial charge is 0.0854 e. The van der Waals surface area contributed by atoms with Crippen molar-refractivity contribution in [2.75, 3.05) is 6.61 Å². The lowest BCUT2D eigenvalue weighted by Gasteiger charge is -2.32. The second-order valence-corrected chi connectivity index (χ2v) is 6.44. The zero-order chi connectivity index (χ0) is 17.8. The molecule has 3 rings (SSSR count). The summed E-state index contributed by atoms with van der Waals surface area (Å²) < 4.78 is 5.93. The van der Waals surface area contributed by atoms with Crippen LogP contribution in [0.1, 0.15) is 30.1 Å². The summed E-state index contributed by atoms with van der Waals surface area (Å²) in [5, 5.41) is 19.4. The van der Waals surface area contributed by atoms with Gasteiger partial charge in [-0.3, -0.25) is 0 Å². The Labute approximate surface area is 149 Å². The van der Waals surface area contributed by atoms with Crippen molar-refractivity contribution < 1.29 is 14.9 Å². The molecule has 1 aromatic rings. The second-order valence-electron chi connectivity index (χ2n) is 6.44. The number of allylic oxidation sites excluding steroid dienone is 8. The Hall–Kier alpha value is -2.20. The molecule has 3 heteroatoms. The third-order valence-electron chi connectivity index (χ3n) is 4.65. The third-order valence-corrected chi connectivity index (χ3v) is 4.65. The predicted octanol–water partition coefficient (Wildman–Crippen LogP) is 3.88. The van der Waals surface area contributed by atoms with E-state index in [4.69, 9.17) is 4.74 Å². The quantitative estimate of drug-likeness (QED) is 0.858. The number of aliphatic hydroxyl groups excluding tert-OH is 2. The molecule has 1 fully saturated rings. The predicted molar refractivity (Wildman–Crippen MR) is 101 cm³/mol. The van der Waals surface area contributed by atoms with Gasteiger partial charge in [0.15, 0.2) is 0 Å². The third kappa shape index (κ3) is 3.90. The molecule has 25 heavy (non-hydrogen) atoms. The van der Waals surface area contributed by atoms with Crippen LogP contribution < -0.4 is 0 Å². The molecule has 2 N–H and O–H groups in total. The van der Waals surface area contributed by atoms with Gasteiger partial charge >= 0.3 is 0 Å². The molecule has 1 aliphatic carbocycles. The summed E-state index contributed by atoms with van der Waals surface area (Å²) in [6, 6.07) is 8.17. The average Bonchev–Trinajstić information content (AvgIpc) is 3.04. The number of rotatable bonds is 5. The SMILES string of the molecule is C=C/C=C1/C=C(c2cccc(C3CC(O)CC(CO)O3)c2)C=C1C=C. The highest BCUT2D eigenvalue weighted by Crippen LogP contribution is 2.35. The lowest BCUT2D eigenvalue weighted by Crippen LogP contribution is -2.33. The fraction of sp³-hybridized carbons (Fsp3) is 0.273. The number of aliphatic hydroxyl groups is 2. The van der Waals surface area contributed by atoms with Crippen LogP contribution in [0.5, 0.6) is 0 Å². The van der Waals surface area contributed by atoms with Gasteiger partial charge in [0.25, 0.3) is 0 Å². The zero-order valence-corrected chi connectivity index (χ0v) is 14.3. The minimum absolute atomic E-state index is 0.0699. The van der Waals surface area contributed by atoms with Crippen LogP contribution >= 0.6 is 0 Å². The molecule has 0 spiro atoms. The molecule has 1 heterocycles. The average molecular weight is 336 g/mol. The van der Waals surface area contributed by atoms with Gasteiger partial charge in [-0.2, -0.15) is 0 Å². The maximum Gasteiger partial charge on any atom is 0.0854 e. The van der Waals surface area contributed by atoms with Gasteiger partial charge < -0.3 is 14.9 Å². The van der Waals surface area contributed by atoms with Crippen molar-refractivity contribution in [3.05, 3.63) is 90.1 Å². The van der Waals surface area contributed by atoms with Crippen LogP contribution in [0.2, 0.25) is 0 Å². The van der Waals surface area contributed by atoms with Gasteiger partial charge in [0.1, 0.15) is 0 Å². The van der Waals surface area contributed by atoms with Crippen LogP contribution in [0.25, 0.3) is 5.57 Å². The fourth-order valence-electron chi connectivity index (χ4n) is 3.40. The maximum absolute atomic E-state index is 10.0. The van der Waals surface area contributed by atoms with Gasteiger partial charge in [-0.05, 0) is 46.1 Å². The van der Waals surface area contributed by atoms with Gasteiger partial charge in [0.05, 0.1) is 24.9 Å². The van der Waals surface area contributed by atoms with Crippen molar-refractivity contribution in [3.8, 4) is 0 Å². The first kappa shape index (κ1) is 17.6. The Morgan fingerprint density at radius 2 is 2.04 bits per heavy atom. The van der Waals surface area contributed by atoms with Crippen molar-refractivity contribution in [2.24, 2.45) is 0 Å². The summed E-state index contributed by atoms with van der Waals surface area (Å²) in [6.07, 6.45) is 9.89. The van der Waals surface area contributed by atoms with Gasteiger partial charge in [-0.25, -0.2) is 0 Å². The van der Waals surface area contributed by atoms with E-state index < -0.39 is 6.10 Å². The van der Waals surface area contributed by atoms with Gasteiger partial charge in [0.2, 0.25) is 0 Å². The molecule has 1 aliphatic heterocycles. The van der Waals surface area contributed by atoms with E-state index in [0.29, 0.717) is 12.8 Å². The lowest BCUT2D eigenvalue weighted by atomic mass is 9.94. The van der Waals surface area contributed by atoms with Gasteiger partial charge in [-0.1, -0.05) is 49.6 Å². The van der Waals surface area contributed by atoms with Crippen molar-refractivity contribution in [3.63, 3.8) is 0 Å². The molecular weight excluding hydrogens is 312 g/mol. The molecule has 0 amide bonds. The van der Waals surface area contributed by atoms with Crippen LogP contribution in [0, 0.1) is 0 Å². The first-order valence-corrected chi connectivity index (χ1v) is 8.58. The van der Waals surface area contributed by atoms with Crippen molar-refractivity contribution >= 4 is 5.57 Å². The maximum atomic E-state index is 10.0. The van der Waals surface area contributed by atoms with Gasteiger partial charge in [-0.15, -0.1) is 0 Å². The van der Waals surface area contributed by atoms with Gasteiger partial charge in [0, 0.05) is 12.8 Å². The molecule has 0 bridgehead atoms. The monoisotopic (exact) mass is 336 g/mol.